The van der Waals surface area contributed by atoms with Crippen molar-refractivity contribution >= 4 is 11.8 Å². The van der Waals surface area contributed by atoms with Gasteiger partial charge < -0.3 is 4.74 Å². The van der Waals surface area contributed by atoms with Crippen LogP contribution in [0.2, 0.25) is 0 Å². The van der Waals surface area contributed by atoms with Crippen molar-refractivity contribution in [2.24, 2.45) is 5.41 Å². The second-order valence-corrected chi connectivity index (χ2v) is 11.2. The highest BCUT2D eigenvalue weighted by atomic mass is 16.5. The fourth-order valence-corrected chi connectivity index (χ4v) is 4.42. The minimum Gasteiger partial charge on any atom is -0.457 e. The van der Waals surface area contributed by atoms with Gasteiger partial charge in [-0.05, 0) is 76.5 Å². The first kappa shape index (κ1) is 32.1. The molecule has 0 heterocycles. The molecular weight excluding hydrogens is 444 g/mol. The molecule has 1 aliphatic rings. The van der Waals surface area contributed by atoms with Gasteiger partial charge in [-0.1, -0.05) is 102 Å². The molecule has 204 valence electrons. The van der Waals surface area contributed by atoms with Crippen LogP contribution >= 0.6 is 0 Å². The van der Waals surface area contributed by atoms with Crippen LogP contribution < -0.4 is 0 Å². The predicted octanol–water partition coefficient (Wildman–Crippen LogP) is 9.77. The van der Waals surface area contributed by atoms with E-state index in [1.807, 2.05) is 32.9 Å². The first-order valence-electron chi connectivity index (χ1n) is 14.7. The summed E-state index contributed by atoms with van der Waals surface area (Å²) in [6.45, 7) is 10.3. The molecule has 1 aliphatic carbocycles. The lowest BCUT2D eigenvalue weighted by Gasteiger charge is -2.29. The molecule has 0 aliphatic heterocycles. The Hall–Kier alpha value is -1.90. The second-order valence-electron chi connectivity index (χ2n) is 11.2. The van der Waals surface area contributed by atoms with Crippen molar-refractivity contribution in [1.29, 1.82) is 0 Å². The number of hydrogen-bond acceptors (Lipinski definition) is 3. The van der Waals surface area contributed by atoms with Gasteiger partial charge in [0.2, 0.25) is 0 Å². The Kier molecular flexibility index (Phi) is 17.2. The van der Waals surface area contributed by atoms with Crippen molar-refractivity contribution in [2.75, 3.05) is 0 Å². The summed E-state index contributed by atoms with van der Waals surface area (Å²) in [4.78, 5) is 24.9. The molecule has 0 saturated carbocycles. The topological polar surface area (TPSA) is 43.4 Å². The lowest BCUT2D eigenvalue weighted by Crippen LogP contribution is -2.31. The number of carbonyl (C=O) groups excluding carboxylic acids is 2. The van der Waals surface area contributed by atoms with Crippen LogP contribution in [0.5, 0.6) is 0 Å². The lowest BCUT2D eigenvalue weighted by molar-refractivity contribution is -0.150. The van der Waals surface area contributed by atoms with E-state index in [2.05, 4.69) is 32.1 Å². The van der Waals surface area contributed by atoms with E-state index in [4.69, 9.17) is 4.74 Å². The summed E-state index contributed by atoms with van der Waals surface area (Å²) >= 11 is 0. The molecule has 1 rings (SSSR count). The Bertz CT molecular complexity index is 751. The summed E-state index contributed by atoms with van der Waals surface area (Å²) in [6, 6.07) is 0. The van der Waals surface area contributed by atoms with Gasteiger partial charge in [-0.3, -0.25) is 9.59 Å². The highest BCUT2D eigenvalue weighted by Crippen LogP contribution is 2.29. The number of rotatable bonds is 16. The predicted molar refractivity (Wildman–Crippen MR) is 154 cm³/mol. The third-order valence-corrected chi connectivity index (χ3v) is 7.11. The summed E-state index contributed by atoms with van der Waals surface area (Å²) in [5.41, 5.74) is 1.52. The van der Waals surface area contributed by atoms with Gasteiger partial charge in [0.15, 0.2) is 5.78 Å². The average molecular weight is 499 g/mol. The molecule has 0 aromatic rings. The number of allylic oxidation sites excluding steroid dienone is 6. The van der Waals surface area contributed by atoms with Crippen molar-refractivity contribution in [2.45, 2.75) is 143 Å². The summed E-state index contributed by atoms with van der Waals surface area (Å²) < 4.78 is 5.93. The molecule has 0 spiro atoms. The minimum atomic E-state index is -0.445. The zero-order chi connectivity index (χ0) is 26.7. The Morgan fingerprint density at radius 2 is 1.53 bits per heavy atom. The molecule has 0 aromatic carbocycles. The second kappa shape index (κ2) is 19.2. The summed E-state index contributed by atoms with van der Waals surface area (Å²) in [5.74, 6) is -0.111. The van der Waals surface area contributed by atoms with Crippen molar-refractivity contribution in [1.82, 2.24) is 0 Å². The van der Waals surface area contributed by atoms with Crippen LogP contribution in [-0.2, 0) is 14.3 Å². The molecule has 0 N–H and O–H groups in total. The molecule has 36 heavy (non-hydrogen) atoms. The zero-order valence-corrected chi connectivity index (χ0v) is 24.1. The molecule has 0 fully saturated rings. The summed E-state index contributed by atoms with van der Waals surface area (Å²) in [5, 5.41) is 0. The van der Waals surface area contributed by atoms with Crippen LogP contribution in [0.4, 0.5) is 0 Å². The molecule has 0 unspecified atom stereocenters. The minimum absolute atomic E-state index is 0.0287. The van der Waals surface area contributed by atoms with Crippen molar-refractivity contribution < 1.29 is 14.3 Å². The van der Waals surface area contributed by atoms with Crippen LogP contribution in [0.25, 0.3) is 0 Å². The largest absolute Gasteiger partial charge is 0.457 e. The molecule has 0 bridgehead atoms. The Morgan fingerprint density at radius 3 is 2.17 bits per heavy atom. The average Bonchev–Trinajstić information content (AvgIpc) is 2.85. The van der Waals surface area contributed by atoms with E-state index in [1.54, 1.807) is 6.08 Å². The number of ether oxygens (including phenoxy) is 1. The number of ketones is 1. The van der Waals surface area contributed by atoms with E-state index >= 15 is 0 Å². The highest BCUT2D eigenvalue weighted by molar-refractivity contribution is 6.03. The van der Waals surface area contributed by atoms with E-state index in [-0.39, 0.29) is 17.9 Å². The molecule has 3 nitrogen and oxygen atoms in total. The summed E-state index contributed by atoms with van der Waals surface area (Å²) in [6.07, 6.45) is 30.2. The molecule has 0 radical (unpaired) electrons. The maximum atomic E-state index is 12.6. The lowest BCUT2D eigenvalue weighted by atomic mass is 9.84. The molecule has 0 aromatic heterocycles. The Labute approximate surface area is 222 Å². The maximum Gasteiger partial charge on any atom is 0.306 e. The van der Waals surface area contributed by atoms with Crippen LogP contribution in [0.1, 0.15) is 137 Å². The fourth-order valence-electron chi connectivity index (χ4n) is 4.42. The van der Waals surface area contributed by atoms with Gasteiger partial charge in [-0.15, -0.1) is 0 Å². The molecule has 0 amide bonds. The molecule has 1 atom stereocenters. The van der Waals surface area contributed by atoms with Crippen LogP contribution in [0, 0.1) is 5.41 Å². The fraction of sp³-hybridized carbons (Fsp3) is 0.697. The number of unbranched alkanes of at least 4 members (excludes halogenated alkanes) is 11. The highest BCUT2D eigenvalue weighted by Gasteiger charge is 2.29. The van der Waals surface area contributed by atoms with Crippen LogP contribution in [0.15, 0.2) is 47.6 Å². The monoisotopic (exact) mass is 498 g/mol. The van der Waals surface area contributed by atoms with Gasteiger partial charge in [0.25, 0.3) is 0 Å². The zero-order valence-electron chi connectivity index (χ0n) is 24.1. The van der Waals surface area contributed by atoms with E-state index in [0.29, 0.717) is 6.42 Å². The first-order valence-corrected chi connectivity index (χ1v) is 14.7. The number of esters is 1. The van der Waals surface area contributed by atoms with Gasteiger partial charge in [0.05, 0.1) is 0 Å². The SMILES string of the molecule is CCCCCCCC/C=C\CCCCCCCC(=O)O[C@@H]1C=C(C)CCC=C(C)C(=O)C=CC1(C)C. The van der Waals surface area contributed by atoms with E-state index in [0.717, 1.165) is 31.3 Å². The Balaban J connectivity index is 2.27. The molecular formula is C33H54O3. The van der Waals surface area contributed by atoms with Gasteiger partial charge in [-0.2, -0.15) is 0 Å². The first-order chi connectivity index (χ1) is 17.3. The normalized spacial score (nSPS) is 18.6. The van der Waals surface area contributed by atoms with E-state index in [9.17, 15) is 9.59 Å². The van der Waals surface area contributed by atoms with Crippen LogP contribution in [-0.4, -0.2) is 17.9 Å². The number of carbonyl (C=O) groups is 2. The van der Waals surface area contributed by atoms with Gasteiger partial charge >= 0.3 is 5.97 Å². The third-order valence-electron chi connectivity index (χ3n) is 7.11. The molecule has 3 heteroatoms. The van der Waals surface area contributed by atoms with Crippen molar-refractivity contribution in [3.8, 4) is 0 Å². The number of hydrogen-bond donors (Lipinski definition) is 0. The van der Waals surface area contributed by atoms with Crippen molar-refractivity contribution in [3.63, 3.8) is 0 Å². The smallest absolute Gasteiger partial charge is 0.306 e. The third kappa shape index (κ3) is 15.3. The van der Waals surface area contributed by atoms with Gasteiger partial charge in [-0.25, -0.2) is 0 Å². The van der Waals surface area contributed by atoms with Crippen molar-refractivity contribution in [3.05, 3.63) is 47.6 Å². The van der Waals surface area contributed by atoms with Gasteiger partial charge in [0, 0.05) is 11.8 Å². The molecule has 0 saturated heterocycles. The Morgan fingerprint density at radius 1 is 0.944 bits per heavy atom. The van der Waals surface area contributed by atoms with Crippen LogP contribution in [0.3, 0.4) is 0 Å². The quantitative estimate of drug-likeness (QED) is 0.121. The van der Waals surface area contributed by atoms with Gasteiger partial charge in [0.1, 0.15) is 6.10 Å². The standard InChI is InChI=1S/C33H54O3/c1-6-7-8-9-10-11-12-13-14-15-16-17-18-19-20-24-32(35)36-31-27-28(2)22-21-23-29(3)30(34)25-26-33(31,4)5/h13-14,23,25-27,31H,6-12,15-22,24H2,1-5H3/b14-13-,26-25?,28-27?,29-23?/t31-/m1/s1. The van der Waals surface area contributed by atoms with E-state index < -0.39 is 5.41 Å². The maximum absolute atomic E-state index is 12.6. The summed E-state index contributed by atoms with van der Waals surface area (Å²) in [7, 11) is 0. The van der Waals surface area contributed by atoms with E-state index in [1.165, 1.54) is 76.2 Å².